The summed E-state index contributed by atoms with van der Waals surface area (Å²) in [6.07, 6.45) is 3.17. The SMILES string of the molecule is Cc1c([C@H](C)Nc2nccc(N3C(=O)OCC3C(C)C)n2)cnn1Cc1ccccc1. The van der Waals surface area contributed by atoms with Crippen LogP contribution in [-0.4, -0.2) is 38.5 Å². The summed E-state index contributed by atoms with van der Waals surface area (Å²) in [5.74, 6) is 1.26. The molecule has 1 saturated heterocycles. The second kappa shape index (κ2) is 8.75. The first kappa shape index (κ1) is 20.8. The predicted octanol–water partition coefficient (Wildman–Crippen LogP) is 4.18. The number of hydrogen-bond acceptors (Lipinski definition) is 6. The Bertz CT molecular complexity index is 1050. The maximum Gasteiger partial charge on any atom is 0.415 e. The number of anilines is 2. The normalized spacial score (nSPS) is 17.1. The van der Waals surface area contributed by atoms with Gasteiger partial charge in [0, 0.05) is 17.5 Å². The molecule has 2 aromatic heterocycles. The van der Waals surface area contributed by atoms with Crippen LogP contribution < -0.4 is 10.2 Å². The third-order valence-electron chi connectivity index (χ3n) is 5.69. The first-order valence-corrected chi connectivity index (χ1v) is 10.6. The number of carbonyl (C=O) groups is 1. The molecule has 8 nitrogen and oxygen atoms in total. The monoisotopic (exact) mass is 420 g/mol. The van der Waals surface area contributed by atoms with Crippen molar-refractivity contribution in [3.8, 4) is 0 Å². The van der Waals surface area contributed by atoms with E-state index in [2.05, 4.69) is 53.3 Å². The van der Waals surface area contributed by atoms with E-state index in [0.29, 0.717) is 18.4 Å². The zero-order valence-electron chi connectivity index (χ0n) is 18.3. The molecule has 1 aliphatic rings. The van der Waals surface area contributed by atoms with E-state index in [1.54, 1.807) is 17.2 Å². The van der Waals surface area contributed by atoms with Gasteiger partial charge in [-0.1, -0.05) is 44.2 Å². The topological polar surface area (TPSA) is 85.2 Å². The third-order valence-corrected chi connectivity index (χ3v) is 5.69. The molecule has 0 radical (unpaired) electrons. The number of aromatic nitrogens is 4. The number of nitrogens with zero attached hydrogens (tertiary/aromatic N) is 5. The molecule has 1 N–H and O–H groups in total. The van der Waals surface area contributed by atoms with Crippen LogP contribution in [0.5, 0.6) is 0 Å². The van der Waals surface area contributed by atoms with Crippen molar-refractivity contribution in [2.45, 2.75) is 46.3 Å². The Hall–Kier alpha value is -3.42. The molecule has 0 bridgehead atoms. The summed E-state index contributed by atoms with van der Waals surface area (Å²) in [5.41, 5.74) is 3.36. The molecule has 0 spiro atoms. The molecule has 1 fully saturated rings. The van der Waals surface area contributed by atoms with Gasteiger partial charge in [0.25, 0.3) is 0 Å². The molecule has 8 heteroatoms. The van der Waals surface area contributed by atoms with E-state index in [4.69, 9.17) is 4.74 Å². The third kappa shape index (κ3) is 4.38. The summed E-state index contributed by atoms with van der Waals surface area (Å²) in [6.45, 7) is 9.34. The Morgan fingerprint density at radius 3 is 2.71 bits per heavy atom. The van der Waals surface area contributed by atoms with E-state index in [-0.39, 0.29) is 24.1 Å². The average Bonchev–Trinajstić information content (AvgIpc) is 3.32. The number of hydrogen-bond donors (Lipinski definition) is 1. The smallest absolute Gasteiger partial charge is 0.415 e. The Morgan fingerprint density at radius 1 is 1.19 bits per heavy atom. The summed E-state index contributed by atoms with van der Waals surface area (Å²) >= 11 is 0. The fraction of sp³-hybridized carbons (Fsp3) is 0.391. The van der Waals surface area contributed by atoms with E-state index in [9.17, 15) is 4.79 Å². The van der Waals surface area contributed by atoms with Crippen molar-refractivity contribution >= 4 is 17.9 Å². The molecule has 1 aromatic carbocycles. The van der Waals surface area contributed by atoms with Crippen LogP contribution in [0.25, 0.3) is 0 Å². The Morgan fingerprint density at radius 2 is 1.97 bits per heavy atom. The Balaban J connectivity index is 1.50. The van der Waals surface area contributed by atoms with E-state index in [0.717, 1.165) is 17.8 Å². The highest BCUT2D eigenvalue weighted by Crippen LogP contribution is 2.27. The molecular formula is C23H28N6O2. The lowest BCUT2D eigenvalue weighted by Crippen LogP contribution is -2.37. The van der Waals surface area contributed by atoms with E-state index < -0.39 is 0 Å². The number of ether oxygens (including phenoxy) is 1. The van der Waals surface area contributed by atoms with Gasteiger partial charge in [-0.15, -0.1) is 0 Å². The Labute approximate surface area is 182 Å². The van der Waals surface area contributed by atoms with Crippen molar-refractivity contribution in [2.75, 3.05) is 16.8 Å². The highest BCUT2D eigenvalue weighted by atomic mass is 16.6. The molecule has 1 amide bonds. The zero-order chi connectivity index (χ0) is 22.0. The molecule has 1 aliphatic heterocycles. The highest BCUT2D eigenvalue weighted by Gasteiger charge is 2.37. The van der Waals surface area contributed by atoms with Crippen LogP contribution in [0.2, 0.25) is 0 Å². The molecule has 0 aliphatic carbocycles. The van der Waals surface area contributed by atoms with Gasteiger partial charge in [0.15, 0.2) is 0 Å². The minimum Gasteiger partial charge on any atom is -0.447 e. The van der Waals surface area contributed by atoms with Crippen LogP contribution in [0.15, 0.2) is 48.8 Å². The number of carbonyl (C=O) groups excluding carboxylic acids is 1. The molecule has 3 aromatic rings. The predicted molar refractivity (Wildman–Crippen MR) is 119 cm³/mol. The largest absolute Gasteiger partial charge is 0.447 e. The van der Waals surface area contributed by atoms with Crippen molar-refractivity contribution in [3.63, 3.8) is 0 Å². The minimum absolute atomic E-state index is 0.0360. The van der Waals surface area contributed by atoms with Crippen LogP contribution in [0.4, 0.5) is 16.6 Å². The number of benzene rings is 1. The number of rotatable bonds is 7. The maximum atomic E-state index is 12.3. The van der Waals surface area contributed by atoms with Gasteiger partial charge in [-0.05, 0) is 31.4 Å². The van der Waals surface area contributed by atoms with Crippen molar-refractivity contribution in [1.82, 2.24) is 19.7 Å². The van der Waals surface area contributed by atoms with Gasteiger partial charge >= 0.3 is 6.09 Å². The quantitative estimate of drug-likeness (QED) is 0.617. The number of cyclic esters (lactones) is 1. The standard InChI is InChI=1S/C23H28N6O2/c1-15(2)20-14-31-23(30)29(20)21-10-11-24-22(27-21)26-16(3)19-12-25-28(17(19)4)13-18-8-6-5-7-9-18/h5-12,15-16,20H,13-14H2,1-4H3,(H,24,26,27)/t16-,20?/m0/s1. The molecule has 162 valence electrons. The van der Waals surface area contributed by atoms with Gasteiger partial charge in [0.1, 0.15) is 12.4 Å². The summed E-state index contributed by atoms with van der Waals surface area (Å²) < 4.78 is 7.24. The molecule has 4 rings (SSSR count). The summed E-state index contributed by atoms with van der Waals surface area (Å²) in [4.78, 5) is 22.8. The van der Waals surface area contributed by atoms with E-state index in [1.165, 1.54) is 5.56 Å². The second-order valence-electron chi connectivity index (χ2n) is 8.19. The maximum absolute atomic E-state index is 12.3. The molecule has 1 unspecified atom stereocenters. The summed E-state index contributed by atoms with van der Waals surface area (Å²) in [7, 11) is 0. The average molecular weight is 421 g/mol. The van der Waals surface area contributed by atoms with Crippen LogP contribution in [0.1, 0.15) is 43.6 Å². The molecule has 3 heterocycles. The van der Waals surface area contributed by atoms with E-state index in [1.807, 2.05) is 36.0 Å². The fourth-order valence-corrected chi connectivity index (χ4v) is 3.82. The molecule has 31 heavy (non-hydrogen) atoms. The zero-order valence-corrected chi connectivity index (χ0v) is 18.3. The van der Waals surface area contributed by atoms with Crippen molar-refractivity contribution in [2.24, 2.45) is 5.92 Å². The highest BCUT2D eigenvalue weighted by molar-refractivity contribution is 5.89. The van der Waals surface area contributed by atoms with Gasteiger partial charge in [-0.3, -0.25) is 9.58 Å². The molecular weight excluding hydrogens is 392 g/mol. The van der Waals surface area contributed by atoms with Crippen molar-refractivity contribution in [3.05, 3.63) is 65.6 Å². The first-order valence-electron chi connectivity index (χ1n) is 10.6. The van der Waals surface area contributed by atoms with Crippen LogP contribution >= 0.6 is 0 Å². The summed E-state index contributed by atoms with van der Waals surface area (Å²) in [6, 6.07) is 11.9. The van der Waals surface area contributed by atoms with Gasteiger partial charge in [-0.25, -0.2) is 9.78 Å². The van der Waals surface area contributed by atoms with Gasteiger partial charge in [0.05, 0.1) is 24.8 Å². The van der Waals surface area contributed by atoms with Gasteiger partial charge in [-0.2, -0.15) is 10.1 Å². The van der Waals surface area contributed by atoms with Gasteiger partial charge < -0.3 is 10.1 Å². The van der Waals surface area contributed by atoms with Crippen LogP contribution in [0, 0.1) is 12.8 Å². The van der Waals surface area contributed by atoms with Crippen LogP contribution in [-0.2, 0) is 11.3 Å². The first-order chi connectivity index (χ1) is 14.9. The number of nitrogens with one attached hydrogen (secondary N) is 1. The van der Waals surface area contributed by atoms with Gasteiger partial charge in [0.2, 0.25) is 5.95 Å². The lowest BCUT2D eigenvalue weighted by Gasteiger charge is -2.23. The van der Waals surface area contributed by atoms with Crippen LogP contribution in [0.3, 0.4) is 0 Å². The number of amides is 1. The minimum atomic E-state index is -0.366. The van der Waals surface area contributed by atoms with Crippen molar-refractivity contribution in [1.29, 1.82) is 0 Å². The van der Waals surface area contributed by atoms with E-state index >= 15 is 0 Å². The lowest BCUT2D eigenvalue weighted by molar-refractivity contribution is 0.177. The Kier molecular flexibility index (Phi) is 5.88. The molecule has 2 atom stereocenters. The lowest BCUT2D eigenvalue weighted by atomic mass is 10.0. The molecule has 0 saturated carbocycles. The summed E-state index contributed by atoms with van der Waals surface area (Å²) in [5, 5.41) is 7.90. The van der Waals surface area contributed by atoms with Crippen molar-refractivity contribution < 1.29 is 9.53 Å². The fourth-order valence-electron chi connectivity index (χ4n) is 3.82. The second-order valence-corrected chi connectivity index (χ2v) is 8.19.